The molecule has 0 spiro atoms. The highest BCUT2D eigenvalue weighted by atomic mass is 127. The van der Waals surface area contributed by atoms with E-state index in [1.807, 2.05) is 46.9 Å². The van der Waals surface area contributed by atoms with Crippen molar-refractivity contribution in [2.24, 2.45) is 0 Å². The van der Waals surface area contributed by atoms with E-state index in [0.29, 0.717) is 3.57 Å². The molecular formula is C14H9BrINO4. The molecule has 2 rings (SSSR count). The van der Waals surface area contributed by atoms with Crippen LogP contribution in [0.5, 0.6) is 0 Å². The van der Waals surface area contributed by atoms with Crippen LogP contribution in [-0.4, -0.2) is 10.9 Å². The monoisotopic (exact) mass is 461 g/mol. The van der Waals surface area contributed by atoms with Crippen LogP contribution in [0, 0.1) is 13.7 Å². The van der Waals surface area contributed by atoms with Crippen molar-refractivity contribution in [1.82, 2.24) is 0 Å². The summed E-state index contributed by atoms with van der Waals surface area (Å²) >= 11 is 5.27. The molecule has 0 bridgehead atoms. The average molecular weight is 462 g/mol. The molecule has 0 fully saturated rings. The van der Waals surface area contributed by atoms with Crippen molar-refractivity contribution < 1.29 is 14.5 Å². The summed E-state index contributed by atoms with van der Waals surface area (Å²) in [4.78, 5) is 22.2. The SMILES string of the molecule is O=C(OCc1ccc(Br)cc1)c1cc([N+](=O)[O-])ccc1I. The minimum absolute atomic E-state index is 0.116. The summed E-state index contributed by atoms with van der Waals surface area (Å²) in [5.41, 5.74) is 0.903. The van der Waals surface area contributed by atoms with Gasteiger partial charge in [-0.2, -0.15) is 0 Å². The highest BCUT2D eigenvalue weighted by Gasteiger charge is 2.16. The first-order valence-corrected chi connectivity index (χ1v) is 7.70. The number of rotatable bonds is 4. The minimum atomic E-state index is -0.578. The van der Waals surface area contributed by atoms with Gasteiger partial charge in [0.25, 0.3) is 5.69 Å². The first-order valence-electron chi connectivity index (χ1n) is 5.83. The molecule has 0 atom stereocenters. The van der Waals surface area contributed by atoms with Crippen LogP contribution in [0.15, 0.2) is 46.9 Å². The van der Waals surface area contributed by atoms with Gasteiger partial charge < -0.3 is 4.74 Å². The van der Waals surface area contributed by atoms with Crippen molar-refractivity contribution in [3.63, 3.8) is 0 Å². The van der Waals surface area contributed by atoms with E-state index < -0.39 is 10.9 Å². The summed E-state index contributed by atoms with van der Waals surface area (Å²) in [5, 5.41) is 10.7. The van der Waals surface area contributed by atoms with Gasteiger partial charge in [-0.25, -0.2) is 4.79 Å². The molecule has 0 heterocycles. The summed E-state index contributed by atoms with van der Waals surface area (Å²) in [5.74, 6) is -0.578. The Labute approximate surface area is 142 Å². The van der Waals surface area contributed by atoms with E-state index in [2.05, 4.69) is 15.9 Å². The van der Waals surface area contributed by atoms with E-state index in [9.17, 15) is 14.9 Å². The molecular weight excluding hydrogens is 453 g/mol. The van der Waals surface area contributed by atoms with Gasteiger partial charge in [0.2, 0.25) is 0 Å². The number of benzene rings is 2. The van der Waals surface area contributed by atoms with Crippen LogP contribution >= 0.6 is 38.5 Å². The molecule has 2 aromatic rings. The maximum Gasteiger partial charge on any atom is 0.339 e. The number of esters is 1. The number of carbonyl (C=O) groups excluding carboxylic acids is 1. The molecule has 0 aliphatic carbocycles. The largest absolute Gasteiger partial charge is 0.457 e. The van der Waals surface area contributed by atoms with Crippen molar-refractivity contribution in [3.05, 3.63) is 71.7 Å². The Hall–Kier alpha value is -1.48. The summed E-state index contributed by atoms with van der Waals surface area (Å²) in [6.45, 7) is 0.116. The van der Waals surface area contributed by atoms with Gasteiger partial charge in [-0.1, -0.05) is 28.1 Å². The highest BCUT2D eigenvalue weighted by Crippen LogP contribution is 2.21. The van der Waals surface area contributed by atoms with Gasteiger partial charge in [-0.05, 0) is 46.4 Å². The minimum Gasteiger partial charge on any atom is -0.457 e. The average Bonchev–Trinajstić information content (AvgIpc) is 2.46. The van der Waals surface area contributed by atoms with Crippen LogP contribution in [0.4, 0.5) is 5.69 Å². The fraction of sp³-hybridized carbons (Fsp3) is 0.0714. The number of non-ortho nitro benzene ring substituents is 1. The zero-order valence-corrected chi connectivity index (χ0v) is 14.3. The van der Waals surface area contributed by atoms with E-state index in [4.69, 9.17) is 4.74 Å². The van der Waals surface area contributed by atoms with Crippen LogP contribution in [-0.2, 0) is 11.3 Å². The quantitative estimate of drug-likeness (QED) is 0.294. The lowest BCUT2D eigenvalue weighted by molar-refractivity contribution is -0.384. The third-order valence-electron chi connectivity index (χ3n) is 2.66. The third-order valence-corrected chi connectivity index (χ3v) is 4.13. The number of nitro groups is 1. The maximum atomic E-state index is 12.0. The van der Waals surface area contributed by atoms with Crippen molar-refractivity contribution >= 4 is 50.2 Å². The van der Waals surface area contributed by atoms with Crippen LogP contribution in [0.2, 0.25) is 0 Å². The Bertz CT molecular complexity index is 688. The number of hydrogen-bond donors (Lipinski definition) is 0. The number of halogens is 2. The zero-order valence-electron chi connectivity index (χ0n) is 10.6. The van der Waals surface area contributed by atoms with Gasteiger partial charge in [0.05, 0.1) is 10.5 Å². The number of hydrogen-bond acceptors (Lipinski definition) is 4. The van der Waals surface area contributed by atoms with Crippen molar-refractivity contribution in [1.29, 1.82) is 0 Å². The van der Waals surface area contributed by atoms with Gasteiger partial charge in [-0.15, -0.1) is 0 Å². The predicted molar refractivity (Wildman–Crippen MR) is 89.1 cm³/mol. The van der Waals surface area contributed by atoms with Crippen LogP contribution in [0.1, 0.15) is 15.9 Å². The molecule has 0 aliphatic heterocycles. The van der Waals surface area contributed by atoms with Gasteiger partial charge in [-0.3, -0.25) is 10.1 Å². The molecule has 7 heteroatoms. The Balaban J connectivity index is 2.11. The van der Waals surface area contributed by atoms with Gasteiger partial charge in [0.1, 0.15) is 6.61 Å². The number of ether oxygens (including phenoxy) is 1. The molecule has 0 amide bonds. The Morgan fingerprint density at radius 3 is 2.52 bits per heavy atom. The Morgan fingerprint density at radius 1 is 1.24 bits per heavy atom. The van der Waals surface area contributed by atoms with Gasteiger partial charge in [0, 0.05) is 20.2 Å². The van der Waals surface area contributed by atoms with Crippen LogP contribution in [0.25, 0.3) is 0 Å². The molecule has 0 N–H and O–H groups in total. The second kappa shape index (κ2) is 6.99. The summed E-state index contributed by atoms with van der Waals surface area (Å²) in [7, 11) is 0. The maximum absolute atomic E-state index is 12.0. The lowest BCUT2D eigenvalue weighted by Crippen LogP contribution is -2.08. The Kier molecular flexibility index (Phi) is 5.29. The number of nitro benzene ring substituents is 1. The Morgan fingerprint density at radius 2 is 1.90 bits per heavy atom. The van der Waals surface area contributed by atoms with E-state index >= 15 is 0 Å². The number of carbonyl (C=O) groups is 1. The van der Waals surface area contributed by atoms with Crippen molar-refractivity contribution in [2.75, 3.05) is 0 Å². The van der Waals surface area contributed by atoms with E-state index in [1.54, 1.807) is 0 Å². The van der Waals surface area contributed by atoms with E-state index in [1.165, 1.54) is 18.2 Å². The lowest BCUT2D eigenvalue weighted by Gasteiger charge is -2.06. The molecule has 0 aromatic heterocycles. The normalized spacial score (nSPS) is 10.2. The predicted octanol–water partition coefficient (Wildman–Crippen LogP) is 4.32. The first-order chi connectivity index (χ1) is 9.97. The molecule has 2 aromatic carbocycles. The first kappa shape index (κ1) is 15.9. The third kappa shape index (κ3) is 4.24. The topological polar surface area (TPSA) is 69.4 Å². The van der Waals surface area contributed by atoms with Crippen molar-refractivity contribution in [2.45, 2.75) is 6.61 Å². The number of nitrogens with zero attached hydrogens (tertiary/aromatic N) is 1. The summed E-state index contributed by atoms with van der Waals surface area (Å²) < 4.78 is 6.73. The standard InChI is InChI=1S/C14H9BrINO4/c15-10-3-1-9(2-4-10)8-21-14(18)12-7-11(17(19)20)5-6-13(12)16/h1-7H,8H2. The van der Waals surface area contributed by atoms with Gasteiger partial charge >= 0.3 is 5.97 Å². The fourth-order valence-electron chi connectivity index (χ4n) is 1.59. The fourth-order valence-corrected chi connectivity index (χ4v) is 2.41. The van der Waals surface area contributed by atoms with Crippen molar-refractivity contribution in [3.8, 4) is 0 Å². The zero-order chi connectivity index (χ0) is 15.4. The highest BCUT2D eigenvalue weighted by molar-refractivity contribution is 14.1. The lowest BCUT2D eigenvalue weighted by atomic mass is 10.2. The second-order valence-electron chi connectivity index (χ2n) is 4.12. The van der Waals surface area contributed by atoms with E-state index in [0.717, 1.165) is 10.0 Å². The molecule has 0 aliphatic rings. The molecule has 0 radical (unpaired) electrons. The molecule has 0 unspecified atom stereocenters. The molecule has 21 heavy (non-hydrogen) atoms. The van der Waals surface area contributed by atoms with Gasteiger partial charge in [0.15, 0.2) is 0 Å². The van der Waals surface area contributed by atoms with E-state index in [-0.39, 0.29) is 17.9 Å². The smallest absolute Gasteiger partial charge is 0.339 e. The van der Waals surface area contributed by atoms with Crippen LogP contribution < -0.4 is 0 Å². The molecule has 108 valence electrons. The summed E-state index contributed by atoms with van der Waals surface area (Å²) in [6, 6.07) is 11.5. The molecule has 5 nitrogen and oxygen atoms in total. The second-order valence-corrected chi connectivity index (χ2v) is 6.20. The van der Waals surface area contributed by atoms with Crippen LogP contribution in [0.3, 0.4) is 0 Å². The molecule has 0 saturated carbocycles. The summed E-state index contributed by atoms with van der Waals surface area (Å²) in [6.07, 6.45) is 0. The molecule has 0 saturated heterocycles.